The fourth-order valence-corrected chi connectivity index (χ4v) is 3.00. The van der Waals surface area contributed by atoms with Crippen LogP contribution in [0, 0.1) is 6.92 Å². The summed E-state index contributed by atoms with van der Waals surface area (Å²) in [7, 11) is 0. The quantitative estimate of drug-likeness (QED) is 0.927. The zero-order valence-corrected chi connectivity index (χ0v) is 13.5. The Bertz CT molecular complexity index is 492. The van der Waals surface area contributed by atoms with Gasteiger partial charge in [-0.15, -0.1) is 0 Å². The molecule has 1 aliphatic heterocycles. The number of morpholine rings is 1. The number of nitrogens with zero attached hydrogens (tertiary/aromatic N) is 1. The predicted molar refractivity (Wildman–Crippen MR) is 85.6 cm³/mol. The molecule has 1 saturated heterocycles. The Morgan fingerprint density at radius 2 is 2.00 bits per heavy atom. The van der Waals surface area contributed by atoms with Crippen molar-refractivity contribution in [2.75, 3.05) is 25.0 Å². The Labute approximate surface area is 127 Å². The fourth-order valence-electron chi connectivity index (χ4n) is 3.00. The smallest absolute Gasteiger partial charge is 0.238 e. The summed E-state index contributed by atoms with van der Waals surface area (Å²) < 4.78 is 5.70. The number of nitrogens with one attached hydrogen (secondary N) is 1. The van der Waals surface area contributed by atoms with E-state index in [1.807, 2.05) is 19.1 Å². The van der Waals surface area contributed by atoms with Crippen LogP contribution in [-0.4, -0.2) is 42.6 Å². The molecule has 1 fully saturated rings. The number of hydrogen-bond acceptors (Lipinski definition) is 3. The van der Waals surface area contributed by atoms with E-state index < -0.39 is 0 Å². The third kappa shape index (κ3) is 4.29. The van der Waals surface area contributed by atoms with Crippen LogP contribution in [0.1, 0.15) is 31.9 Å². The number of hydrogen-bond donors (Lipinski definition) is 1. The van der Waals surface area contributed by atoms with Crippen molar-refractivity contribution in [1.29, 1.82) is 0 Å². The first kappa shape index (κ1) is 16.0. The number of amides is 1. The summed E-state index contributed by atoms with van der Waals surface area (Å²) in [5.74, 6) is 0.0558. The molecule has 1 aromatic rings. The van der Waals surface area contributed by atoms with Gasteiger partial charge in [0.05, 0.1) is 18.8 Å². The Morgan fingerprint density at radius 1 is 1.33 bits per heavy atom. The molecule has 21 heavy (non-hydrogen) atoms. The predicted octanol–water partition coefficient (Wildman–Crippen LogP) is 2.61. The molecule has 0 saturated carbocycles. The molecule has 0 spiro atoms. The monoisotopic (exact) mass is 290 g/mol. The molecule has 0 unspecified atom stereocenters. The molecule has 0 aromatic heterocycles. The van der Waals surface area contributed by atoms with Crippen LogP contribution in [0.25, 0.3) is 0 Å². The van der Waals surface area contributed by atoms with Gasteiger partial charge in [0, 0.05) is 18.8 Å². The molecular formula is C17H26N2O2. The van der Waals surface area contributed by atoms with Crippen molar-refractivity contribution in [2.45, 2.75) is 46.3 Å². The van der Waals surface area contributed by atoms with Gasteiger partial charge in [0.15, 0.2) is 0 Å². The van der Waals surface area contributed by atoms with E-state index in [-0.39, 0.29) is 18.1 Å². The normalized spacial score (nSPS) is 23.0. The molecule has 1 heterocycles. The summed E-state index contributed by atoms with van der Waals surface area (Å²) in [5.41, 5.74) is 3.28. The van der Waals surface area contributed by atoms with Gasteiger partial charge in [0.25, 0.3) is 0 Å². The highest BCUT2D eigenvalue weighted by molar-refractivity contribution is 5.93. The minimum absolute atomic E-state index is 0.0558. The number of aryl methyl sites for hydroxylation is 2. The van der Waals surface area contributed by atoms with Crippen molar-refractivity contribution in [3.63, 3.8) is 0 Å². The summed E-state index contributed by atoms with van der Waals surface area (Å²) in [5, 5.41) is 3.09. The maximum Gasteiger partial charge on any atom is 0.238 e. The van der Waals surface area contributed by atoms with E-state index in [4.69, 9.17) is 4.74 Å². The van der Waals surface area contributed by atoms with Crippen LogP contribution in [0.3, 0.4) is 0 Å². The average Bonchev–Trinajstić information content (AvgIpc) is 2.39. The number of ether oxygens (including phenoxy) is 1. The van der Waals surface area contributed by atoms with E-state index in [0.29, 0.717) is 6.54 Å². The largest absolute Gasteiger partial charge is 0.373 e. The van der Waals surface area contributed by atoms with Gasteiger partial charge < -0.3 is 10.1 Å². The van der Waals surface area contributed by atoms with Gasteiger partial charge >= 0.3 is 0 Å². The number of benzene rings is 1. The molecule has 116 valence electrons. The maximum absolute atomic E-state index is 12.3. The van der Waals surface area contributed by atoms with Gasteiger partial charge in [-0.05, 0) is 38.3 Å². The van der Waals surface area contributed by atoms with Gasteiger partial charge in [0.1, 0.15) is 0 Å². The number of carbonyl (C=O) groups is 1. The highest BCUT2D eigenvalue weighted by Gasteiger charge is 2.23. The van der Waals surface area contributed by atoms with Gasteiger partial charge in [-0.3, -0.25) is 9.69 Å². The Kier molecular flexibility index (Phi) is 5.37. The number of carbonyl (C=O) groups excluding carboxylic acids is 1. The van der Waals surface area contributed by atoms with Gasteiger partial charge in [-0.1, -0.05) is 25.1 Å². The molecule has 2 atom stereocenters. The first-order valence-corrected chi connectivity index (χ1v) is 7.75. The van der Waals surface area contributed by atoms with Crippen molar-refractivity contribution in [3.8, 4) is 0 Å². The molecule has 4 heteroatoms. The van der Waals surface area contributed by atoms with E-state index in [0.717, 1.165) is 30.8 Å². The minimum Gasteiger partial charge on any atom is -0.373 e. The van der Waals surface area contributed by atoms with E-state index >= 15 is 0 Å². The zero-order chi connectivity index (χ0) is 15.4. The van der Waals surface area contributed by atoms with Crippen LogP contribution in [0.2, 0.25) is 0 Å². The standard InChI is InChI=1S/C17H26N2O2/c1-5-15-8-6-7-12(2)17(15)18-16(20)11-19-9-13(3)21-14(4)10-19/h6-8,13-14H,5,9-11H2,1-4H3,(H,18,20)/t13-,14-/m1/s1. The van der Waals surface area contributed by atoms with Crippen molar-refractivity contribution >= 4 is 11.6 Å². The van der Waals surface area contributed by atoms with Gasteiger partial charge in [-0.25, -0.2) is 0 Å². The Morgan fingerprint density at radius 3 is 2.62 bits per heavy atom. The molecule has 1 N–H and O–H groups in total. The van der Waals surface area contributed by atoms with E-state index in [1.54, 1.807) is 0 Å². The SMILES string of the molecule is CCc1cccc(C)c1NC(=O)CN1C[C@@H](C)O[C@H](C)C1. The molecule has 1 amide bonds. The van der Waals surface area contributed by atoms with Crippen LogP contribution in [0.15, 0.2) is 18.2 Å². The highest BCUT2D eigenvalue weighted by atomic mass is 16.5. The fraction of sp³-hybridized carbons (Fsp3) is 0.588. The number of anilines is 1. The molecule has 1 aromatic carbocycles. The van der Waals surface area contributed by atoms with Gasteiger partial charge in [0.2, 0.25) is 5.91 Å². The Balaban J connectivity index is 1.99. The lowest BCUT2D eigenvalue weighted by Crippen LogP contribution is -2.48. The van der Waals surface area contributed by atoms with Gasteiger partial charge in [-0.2, -0.15) is 0 Å². The summed E-state index contributed by atoms with van der Waals surface area (Å²) in [6, 6.07) is 6.14. The van der Waals surface area contributed by atoms with Crippen LogP contribution < -0.4 is 5.32 Å². The molecule has 4 nitrogen and oxygen atoms in total. The van der Waals surface area contributed by atoms with E-state index in [2.05, 4.69) is 37.1 Å². The summed E-state index contributed by atoms with van der Waals surface area (Å²) >= 11 is 0. The molecule has 0 radical (unpaired) electrons. The van der Waals surface area contributed by atoms with Crippen molar-refractivity contribution in [2.24, 2.45) is 0 Å². The number of para-hydroxylation sites is 1. The molecule has 0 bridgehead atoms. The molecule has 1 aliphatic rings. The minimum atomic E-state index is 0.0558. The summed E-state index contributed by atoms with van der Waals surface area (Å²) in [4.78, 5) is 14.5. The average molecular weight is 290 g/mol. The highest BCUT2D eigenvalue weighted by Crippen LogP contribution is 2.21. The van der Waals surface area contributed by atoms with Crippen LogP contribution in [0.4, 0.5) is 5.69 Å². The van der Waals surface area contributed by atoms with Crippen LogP contribution in [0.5, 0.6) is 0 Å². The second kappa shape index (κ2) is 7.05. The second-order valence-corrected chi connectivity index (χ2v) is 5.96. The first-order chi connectivity index (χ1) is 9.99. The third-order valence-electron chi connectivity index (χ3n) is 3.87. The van der Waals surface area contributed by atoms with Crippen LogP contribution >= 0.6 is 0 Å². The lowest BCUT2D eigenvalue weighted by Gasteiger charge is -2.34. The first-order valence-electron chi connectivity index (χ1n) is 7.75. The van der Waals surface area contributed by atoms with E-state index in [9.17, 15) is 4.79 Å². The zero-order valence-electron chi connectivity index (χ0n) is 13.5. The third-order valence-corrected chi connectivity index (χ3v) is 3.87. The maximum atomic E-state index is 12.3. The van der Waals surface area contributed by atoms with E-state index in [1.165, 1.54) is 5.56 Å². The van der Waals surface area contributed by atoms with Crippen molar-refractivity contribution < 1.29 is 9.53 Å². The summed E-state index contributed by atoms with van der Waals surface area (Å²) in [6.07, 6.45) is 1.29. The number of rotatable bonds is 4. The molecular weight excluding hydrogens is 264 g/mol. The van der Waals surface area contributed by atoms with Crippen LogP contribution in [-0.2, 0) is 16.0 Å². The van der Waals surface area contributed by atoms with Crippen molar-refractivity contribution in [3.05, 3.63) is 29.3 Å². The molecule has 0 aliphatic carbocycles. The lowest BCUT2D eigenvalue weighted by molar-refractivity contribution is -0.121. The van der Waals surface area contributed by atoms with Crippen molar-refractivity contribution in [1.82, 2.24) is 4.90 Å². The topological polar surface area (TPSA) is 41.6 Å². The Hall–Kier alpha value is -1.39. The lowest BCUT2D eigenvalue weighted by atomic mass is 10.1. The second-order valence-electron chi connectivity index (χ2n) is 5.96. The molecule has 2 rings (SSSR count). The summed E-state index contributed by atoms with van der Waals surface area (Å²) in [6.45, 7) is 10.3.